The van der Waals surface area contributed by atoms with Crippen LogP contribution in [0, 0.1) is 5.92 Å². The molecule has 0 amide bonds. The Morgan fingerprint density at radius 3 is 2.04 bits per heavy atom. The number of carbonyl (C=O) groups excluding carboxylic acids is 1. The molecule has 1 unspecified atom stereocenters. The van der Waals surface area contributed by atoms with Gasteiger partial charge < -0.3 is 13.6 Å². The average Bonchev–Trinajstić information content (AvgIpc) is 2.42. The summed E-state index contributed by atoms with van der Waals surface area (Å²) in [5.41, 5.74) is 0.421. The monoisotopic (exact) mass is 418 g/mol. The summed E-state index contributed by atoms with van der Waals surface area (Å²) >= 11 is 0. The quantitative estimate of drug-likeness (QED) is 0.171. The van der Waals surface area contributed by atoms with Crippen LogP contribution in [0.4, 0.5) is 0 Å². The highest BCUT2D eigenvalue weighted by atomic mass is 28.4. The maximum atomic E-state index is 11.3. The zero-order chi connectivity index (χ0) is 20.6. The Kier molecular flexibility index (Phi) is 10.9. The van der Waals surface area contributed by atoms with E-state index in [2.05, 4.69) is 59.3 Å². The molecule has 0 radical (unpaired) electrons. The first-order valence-electron chi connectivity index (χ1n) is 9.74. The van der Waals surface area contributed by atoms with Crippen molar-refractivity contribution in [1.29, 1.82) is 0 Å². The fourth-order valence-corrected chi connectivity index (χ4v) is 16.9. The van der Waals surface area contributed by atoms with Crippen LogP contribution >= 0.6 is 0 Å². The molecule has 0 aliphatic carbocycles. The van der Waals surface area contributed by atoms with Gasteiger partial charge in [-0.2, -0.15) is 0 Å². The lowest BCUT2D eigenvalue weighted by Gasteiger charge is -2.36. The van der Waals surface area contributed by atoms with Gasteiger partial charge in [0.05, 0.1) is 6.61 Å². The topological polar surface area (TPSA) is 44.8 Å². The highest BCUT2D eigenvalue weighted by molar-refractivity contribution is 6.86. The van der Waals surface area contributed by atoms with Crippen LogP contribution in [0.15, 0.2) is 12.2 Å². The molecule has 0 aromatic carbocycles. The molecule has 0 aliphatic rings. The molecule has 26 heavy (non-hydrogen) atoms. The molecule has 0 spiro atoms. The van der Waals surface area contributed by atoms with Gasteiger partial charge in [0, 0.05) is 20.3 Å². The van der Waals surface area contributed by atoms with Crippen molar-refractivity contribution in [3.05, 3.63) is 12.2 Å². The van der Waals surface area contributed by atoms with E-state index in [0.29, 0.717) is 24.7 Å². The van der Waals surface area contributed by atoms with Gasteiger partial charge in [-0.05, 0) is 51.1 Å². The van der Waals surface area contributed by atoms with Gasteiger partial charge in [0.2, 0.25) is 0 Å². The molecule has 4 nitrogen and oxygen atoms in total. The lowest BCUT2D eigenvalue weighted by atomic mass is 10.2. The molecular formula is C19H42O4Si3. The van der Waals surface area contributed by atoms with Gasteiger partial charge in [0.25, 0.3) is 0 Å². The molecule has 0 saturated heterocycles. The van der Waals surface area contributed by atoms with Crippen molar-refractivity contribution in [2.45, 2.75) is 77.8 Å². The van der Waals surface area contributed by atoms with Crippen LogP contribution in [0.25, 0.3) is 0 Å². The van der Waals surface area contributed by atoms with E-state index in [1.165, 1.54) is 12.1 Å². The van der Waals surface area contributed by atoms with Gasteiger partial charge in [-0.25, -0.2) is 4.79 Å². The first-order valence-corrected chi connectivity index (χ1v) is 19.7. The van der Waals surface area contributed by atoms with Crippen molar-refractivity contribution in [2.75, 3.05) is 19.8 Å². The van der Waals surface area contributed by atoms with Crippen molar-refractivity contribution >= 4 is 30.7 Å². The summed E-state index contributed by atoms with van der Waals surface area (Å²) in [6.45, 7) is 25.6. The Labute approximate surface area is 165 Å². The minimum absolute atomic E-state index is 0.284. The van der Waals surface area contributed by atoms with E-state index in [-0.39, 0.29) is 12.6 Å². The number of ether oxygens (including phenoxy) is 2. The standard InChI is InChI=1S/C19H42O4Si3/c1-17(2)19(20)22-12-11-21-15-18(3)16-26(9,10)23-25(7,8)14-13-24(4,5)6/h18H,1,11-16H2,2-10H3. The molecule has 1 atom stereocenters. The second kappa shape index (κ2) is 10.9. The second-order valence-corrected chi connectivity index (χ2v) is 24.4. The van der Waals surface area contributed by atoms with Crippen LogP contribution in [-0.2, 0) is 18.4 Å². The molecule has 0 aromatic heterocycles. The van der Waals surface area contributed by atoms with E-state index in [9.17, 15) is 4.79 Å². The van der Waals surface area contributed by atoms with Gasteiger partial charge in [0.1, 0.15) is 6.61 Å². The predicted octanol–water partition coefficient (Wildman–Crippen LogP) is 5.52. The Hall–Kier alpha value is -0.219. The van der Waals surface area contributed by atoms with Gasteiger partial charge in [-0.1, -0.05) is 39.2 Å². The van der Waals surface area contributed by atoms with Gasteiger partial charge in [-0.3, -0.25) is 0 Å². The molecule has 0 aliphatic heterocycles. The van der Waals surface area contributed by atoms with Crippen LogP contribution in [0.3, 0.4) is 0 Å². The molecule has 0 fully saturated rings. The number of esters is 1. The van der Waals surface area contributed by atoms with E-state index in [1.54, 1.807) is 6.92 Å². The highest BCUT2D eigenvalue weighted by Crippen LogP contribution is 2.28. The number of hydrogen-bond donors (Lipinski definition) is 0. The van der Waals surface area contributed by atoms with E-state index < -0.39 is 24.7 Å². The Morgan fingerprint density at radius 2 is 1.54 bits per heavy atom. The van der Waals surface area contributed by atoms with Crippen molar-refractivity contribution in [3.63, 3.8) is 0 Å². The third-order valence-electron chi connectivity index (χ3n) is 4.08. The first kappa shape index (κ1) is 25.8. The normalized spacial score (nSPS) is 14.2. The molecule has 0 heterocycles. The zero-order valence-electron chi connectivity index (χ0n) is 18.7. The molecule has 0 rings (SSSR count). The van der Waals surface area contributed by atoms with Crippen molar-refractivity contribution in [2.24, 2.45) is 5.92 Å². The summed E-state index contributed by atoms with van der Waals surface area (Å²) in [5, 5.41) is 0. The fourth-order valence-electron chi connectivity index (χ4n) is 3.02. The molecule has 7 heteroatoms. The molecule has 0 aromatic rings. The summed E-state index contributed by atoms with van der Waals surface area (Å²) in [4.78, 5) is 11.3. The van der Waals surface area contributed by atoms with Crippen LogP contribution in [0.1, 0.15) is 13.8 Å². The van der Waals surface area contributed by atoms with E-state index >= 15 is 0 Å². The molecule has 0 saturated carbocycles. The van der Waals surface area contributed by atoms with E-state index in [0.717, 1.165) is 6.04 Å². The molecule has 0 bridgehead atoms. The molecule has 154 valence electrons. The smallest absolute Gasteiger partial charge is 0.333 e. The fraction of sp³-hybridized carbons (Fsp3) is 0.842. The van der Waals surface area contributed by atoms with Gasteiger partial charge in [-0.15, -0.1) is 0 Å². The molecular weight excluding hydrogens is 376 g/mol. The highest BCUT2D eigenvalue weighted by Gasteiger charge is 2.34. The second-order valence-electron chi connectivity index (χ2n) is 9.98. The van der Waals surface area contributed by atoms with Crippen molar-refractivity contribution in [3.8, 4) is 0 Å². The predicted molar refractivity (Wildman–Crippen MR) is 120 cm³/mol. The van der Waals surface area contributed by atoms with Crippen LogP contribution in [0.5, 0.6) is 0 Å². The average molecular weight is 419 g/mol. The van der Waals surface area contributed by atoms with Gasteiger partial charge >= 0.3 is 5.97 Å². The maximum Gasteiger partial charge on any atom is 0.333 e. The summed E-state index contributed by atoms with van der Waals surface area (Å²) in [5.74, 6) is 0.101. The Balaban J connectivity index is 4.19. The minimum atomic E-state index is -1.70. The van der Waals surface area contributed by atoms with E-state index in [1.807, 2.05) is 0 Å². The minimum Gasteiger partial charge on any atom is -0.460 e. The van der Waals surface area contributed by atoms with Crippen LogP contribution in [-0.4, -0.2) is 50.5 Å². The summed E-state index contributed by atoms with van der Waals surface area (Å²) in [7, 11) is -4.30. The SMILES string of the molecule is C=C(C)C(=O)OCCOCC(C)C[Si](C)(C)O[Si](C)(C)CC[Si](C)(C)C. The van der Waals surface area contributed by atoms with E-state index in [4.69, 9.17) is 13.6 Å². The maximum absolute atomic E-state index is 11.3. The van der Waals surface area contributed by atoms with Crippen molar-refractivity contribution < 1.29 is 18.4 Å². The third kappa shape index (κ3) is 13.9. The number of hydrogen-bond acceptors (Lipinski definition) is 4. The lowest BCUT2D eigenvalue weighted by Crippen LogP contribution is -2.46. The summed E-state index contributed by atoms with van der Waals surface area (Å²) < 4.78 is 17.4. The number of carbonyl (C=O) groups is 1. The van der Waals surface area contributed by atoms with Crippen LogP contribution < -0.4 is 0 Å². The van der Waals surface area contributed by atoms with Crippen molar-refractivity contribution in [1.82, 2.24) is 0 Å². The Morgan fingerprint density at radius 1 is 0.962 bits per heavy atom. The first-order chi connectivity index (χ1) is 11.6. The number of rotatable bonds is 13. The molecule has 0 N–H and O–H groups in total. The zero-order valence-corrected chi connectivity index (χ0v) is 21.7. The van der Waals surface area contributed by atoms with Gasteiger partial charge in [0.15, 0.2) is 16.6 Å². The Bertz CT molecular complexity index is 456. The summed E-state index contributed by atoms with van der Waals surface area (Å²) in [6, 6.07) is 3.73. The largest absolute Gasteiger partial charge is 0.460 e. The third-order valence-corrected chi connectivity index (χ3v) is 13.9. The lowest BCUT2D eigenvalue weighted by molar-refractivity contribution is -0.140. The summed E-state index contributed by atoms with van der Waals surface area (Å²) in [6.07, 6.45) is 0. The van der Waals surface area contributed by atoms with Crippen LogP contribution in [0.2, 0.25) is 64.0 Å².